The van der Waals surface area contributed by atoms with Gasteiger partial charge in [0.2, 0.25) is 5.76 Å². The summed E-state index contributed by atoms with van der Waals surface area (Å²) in [6.45, 7) is -0.168. The van der Waals surface area contributed by atoms with Gasteiger partial charge >= 0.3 is 12.0 Å². The number of halogens is 1. The molecule has 1 aromatic carbocycles. The van der Waals surface area contributed by atoms with Gasteiger partial charge in [-0.2, -0.15) is 0 Å². The molecule has 0 atom stereocenters. The molecule has 1 aromatic heterocycles. The zero-order valence-corrected chi connectivity index (χ0v) is 15.6. The molecule has 0 spiro atoms. The summed E-state index contributed by atoms with van der Waals surface area (Å²) in [7, 11) is 2.57. The van der Waals surface area contributed by atoms with Gasteiger partial charge in [-0.1, -0.05) is 11.6 Å². The number of amides is 3. The first-order valence-corrected chi connectivity index (χ1v) is 8.30. The first kappa shape index (κ1) is 19.3. The topological polar surface area (TPSA) is 118 Å². The van der Waals surface area contributed by atoms with Crippen LogP contribution >= 0.6 is 11.6 Å². The summed E-state index contributed by atoms with van der Waals surface area (Å²) in [6.07, 6.45) is 1.40. The maximum absolute atomic E-state index is 12.6. The third-order valence-corrected chi connectivity index (χ3v) is 4.19. The number of esters is 1. The average molecular weight is 407 g/mol. The molecule has 1 fully saturated rings. The van der Waals surface area contributed by atoms with E-state index in [1.807, 2.05) is 0 Å². The highest BCUT2D eigenvalue weighted by molar-refractivity contribution is 6.32. The summed E-state index contributed by atoms with van der Waals surface area (Å²) >= 11 is 5.93. The minimum atomic E-state index is -0.665. The van der Waals surface area contributed by atoms with Crippen molar-refractivity contribution in [1.29, 1.82) is 0 Å². The Morgan fingerprint density at radius 3 is 2.75 bits per heavy atom. The first-order valence-electron chi connectivity index (χ1n) is 7.92. The van der Waals surface area contributed by atoms with Crippen molar-refractivity contribution in [2.45, 2.75) is 6.54 Å². The molecule has 28 heavy (non-hydrogen) atoms. The molecule has 0 saturated carbocycles. The average Bonchev–Trinajstić information content (AvgIpc) is 3.24. The summed E-state index contributed by atoms with van der Waals surface area (Å²) in [5, 5.41) is 12.3. The number of nitrogens with one attached hydrogen (secondary N) is 1. The molecule has 1 aliphatic rings. The molecule has 2 aromatic rings. The summed E-state index contributed by atoms with van der Waals surface area (Å²) in [5.41, 5.74) is 0.449. The van der Waals surface area contributed by atoms with Crippen molar-refractivity contribution in [3.63, 3.8) is 0 Å². The van der Waals surface area contributed by atoms with Crippen LogP contribution in [0.15, 0.2) is 34.4 Å². The molecule has 3 rings (SSSR count). The highest BCUT2D eigenvalue weighted by atomic mass is 35.5. The van der Waals surface area contributed by atoms with Crippen LogP contribution in [0.2, 0.25) is 5.02 Å². The Balaban J connectivity index is 1.82. The number of urea groups is 1. The minimum absolute atomic E-state index is 0.00792. The molecule has 3 amide bonds. The zero-order valence-electron chi connectivity index (χ0n) is 14.8. The number of benzene rings is 1. The van der Waals surface area contributed by atoms with E-state index < -0.39 is 17.9 Å². The van der Waals surface area contributed by atoms with Crippen molar-refractivity contribution >= 4 is 35.6 Å². The van der Waals surface area contributed by atoms with E-state index in [4.69, 9.17) is 20.8 Å². The van der Waals surface area contributed by atoms with Crippen LogP contribution in [-0.2, 0) is 16.1 Å². The number of imide groups is 1. The number of rotatable bonds is 5. The van der Waals surface area contributed by atoms with Gasteiger partial charge in [0.1, 0.15) is 11.5 Å². The minimum Gasteiger partial charge on any atom is -0.503 e. The van der Waals surface area contributed by atoms with Crippen LogP contribution in [0.25, 0.3) is 6.08 Å². The van der Waals surface area contributed by atoms with Gasteiger partial charge in [-0.15, -0.1) is 0 Å². The number of carbonyl (C=O) groups is 3. The first-order chi connectivity index (χ1) is 13.3. The van der Waals surface area contributed by atoms with Crippen LogP contribution in [-0.4, -0.2) is 42.1 Å². The second-order valence-electron chi connectivity index (χ2n) is 5.69. The number of phenolic OH excluding ortho intramolecular Hbond substituents is 1. The van der Waals surface area contributed by atoms with Gasteiger partial charge < -0.3 is 24.3 Å². The molecule has 2 heterocycles. The summed E-state index contributed by atoms with van der Waals surface area (Å²) in [4.78, 5) is 37.1. The third-order valence-electron chi connectivity index (χ3n) is 3.91. The molecule has 9 nitrogen and oxygen atoms in total. The van der Waals surface area contributed by atoms with Crippen LogP contribution < -0.4 is 10.1 Å². The predicted octanol–water partition coefficient (Wildman–Crippen LogP) is 2.53. The maximum Gasteiger partial charge on any atom is 0.373 e. The standard InChI is InChI=1S/C18H15ClN2O7/c1-26-14-7-9(5-11(19)15(14)22)6-12-16(23)21(18(25)20-12)8-10-3-4-13(28-10)17(24)27-2/h3-7,22H,8H2,1-2H3,(H,20,25). The Labute approximate surface area is 164 Å². The van der Waals surface area contributed by atoms with Crippen molar-refractivity contribution in [3.8, 4) is 11.5 Å². The monoisotopic (exact) mass is 406 g/mol. The number of ether oxygens (including phenoxy) is 2. The van der Waals surface area contributed by atoms with Crippen molar-refractivity contribution in [2.24, 2.45) is 0 Å². The molecule has 0 aliphatic carbocycles. The van der Waals surface area contributed by atoms with Crippen LogP contribution in [0.1, 0.15) is 21.9 Å². The molecule has 1 saturated heterocycles. The molecular weight excluding hydrogens is 392 g/mol. The van der Waals surface area contributed by atoms with Crippen molar-refractivity contribution in [1.82, 2.24) is 10.2 Å². The number of nitrogens with zero attached hydrogens (tertiary/aromatic N) is 1. The summed E-state index contributed by atoms with van der Waals surface area (Å²) in [6, 6.07) is 5.10. The number of furan rings is 1. The van der Waals surface area contributed by atoms with Gasteiger partial charge in [-0.25, -0.2) is 9.59 Å². The fourth-order valence-corrected chi connectivity index (χ4v) is 2.76. The largest absolute Gasteiger partial charge is 0.503 e. The Bertz CT molecular complexity index is 996. The van der Waals surface area contributed by atoms with E-state index in [1.165, 1.54) is 44.6 Å². The van der Waals surface area contributed by atoms with Crippen LogP contribution in [0.5, 0.6) is 11.5 Å². The number of hydrogen-bond acceptors (Lipinski definition) is 7. The Morgan fingerprint density at radius 1 is 1.32 bits per heavy atom. The van der Waals surface area contributed by atoms with Crippen molar-refractivity contribution in [2.75, 3.05) is 14.2 Å². The van der Waals surface area contributed by atoms with Gasteiger partial charge in [-0.05, 0) is 35.9 Å². The highest BCUT2D eigenvalue weighted by Gasteiger charge is 2.34. The fraction of sp³-hybridized carbons (Fsp3) is 0.167. The lowest BCUT2D eigenvalue weighted by atomic mass is 10.1. The second kappa shape index (κ2) is 7.65. The van der Waals surface area contributed by atoms with Crippen LogP contribution in [0, 0.1) is 0 Å². The SMILES string of the molecule is COC(=O)c1ccc(CN2C(=O)NC(=Cc3cc(Cl)c(O)c(OC)c3)C2=O)o1. The van der Waals surface area contributed by atoms with Gasteiger partial charge in [0.05, 0.1) is 25.8 Å². The lowest BCUT2D eigenvalue weighted by Gasteiger charge is -2.09. The number of phenols is 1. The molecular formula is C18H15ClN2O7. The number of methoxy groups -OCH3 is 2. The van der Waals surface area contributed by atoms with E-state index >= 15 is 0 Å². The van der Waals surface area contributed by atoms with E-state index in [1.54, 1.807) is 0 Å². The fourth-order valence-electron chi connectivity index (χ4n) is 2.54. The van der Waals surface area contributed by atoms with Gasteiger partial charge in [-0.3, -0.25) is 9.69 Å². The molecule has 0 radical (unpaired) electrons. The molecule has 146 valence electrons. The van der Waals surface area contributed by atoms with E-state index in [2.05, 4.69) is 10.1 Å². The maximum atomic E-state index is 12.6. The Morgan fingerprint density at radius 2 is 2.07 bits per heavy atom. The molecule has 0 unspecified atom stereocenters. The van der Waals surface area contributed by atoms with Gasteiger partial charge in [0.15, 0.2) is 11.5 Å². The molecule has 0 bridgehead atoms. The third kappa shape index (κ3) is 3.65. The second-order valence-corrected chi connectivity index (χ2v) is 6.10. The van der Waals surface area contributed by atoms with E-state index in [9.17, 15) is 19.5 Å². The Hall–Kier alpha value is -3.46. The van der Waals surface area contributed by atoms with Crippen molar-refractivity contribution < 1.29 is 33.4 Å². The number of carbonyl (C=O) groups excluding carboxylic acids is 3. The summed E-state index contributed by atoms with van der Waals surface area (Å²) in [5.74, 6) is -1.16. The van der Waals surface area contributed by atoms with Crippen LogP contribution in [0.4, 0.5) is 4.79 Å². The number of aromatic hydroxyl groups is 1. The van der Waals surface area contributed by atoms with E-state index in [-0.39, 0.29) is 40.3 Å². The van der Waals surface area contributed by atoms with Crippen molar-refractivity contribution in [3.05, 3.63) is 52.1 Å². The smallest absolute Gasteiger partial charge is 0.373 e. The highest BCUT2D eigenvalue weighted by Crippen LogP contribution is 2.35. The molecule has 1 aliphatic heterocycles. The lowest BCUT2D eigenvalue weighted by Crippen LogP contribution is -2.30. The van der Waals surface area contributed by atoms with E-state index in [0.29, 0.717) is 5.56 Å². The van der Waals surface area contributed by atoms with Crippen LogP contribution in [0.3, 0.4) is 0 Å². The Kier molecular flexibility index (Phi) is 5.27. The predicted molar refractivity (Wildman–Crippen MR) is 96.8 cm³/mol. The lowest BCUT2D eigenvalue weighted by molar-refractivity contribution is -0.123. The van der Waals surface area contributed by atoms with Gasteiger partial charge in [0.25, 0.3) is 5.91 Å². The normalized spacial score (nSPS) is 15.1. The molecule has 2 N–H and O–H groups in total. The van der Waals surface area contributed by atoms with Gasteiger partial charge in [0, 0.05) is 0 Å². The quantitative estimate of drug-likeness (QED) is 0.445. The summed E-state index contributed by atoms with van der Waals surface area (Å²) < 4.78 is 14.8. The number of hydrogen-bond donors (Lipinski definition) is 2. The van der Waals surface area contributed by atoms with E-state index in [0.717, 1.165) is 4.90 Å². The molecule has 10 heteroatoms. The zero-order chi connectivity index (χ0) is 20.4.